The molecule has 0 aromatic heterocycles. The first-order chi connectivity index (χ1) is 8.15. The number of aryl methyl sites for hydroxylation is 1. The van der Waals surface area contributed by atoms with E-state index in [1.807, 2.05) is 31.2 Å². The first-order valence-electron chi connectivity index (χ1n) is 6.20. The van der Waals surface area contributed by atoms with Crippen molar-refractivity contribution in [3.63, 3.8) is 0 Å². The standard InChI is InChI=1S/C14H20N2O/c1-11-3-2-4-12(9-11)13(17)16-10-14(5-6-14)7-8-15/h2-4,9H,5-8,10,15H2,1H3,(H,16,17). The van der Waals surface area contributed by atoms with Crippen LogP contribution in [0.1, 0.15) is 35.2 Å². The smallest absolute Gasteiger partial charge is 0.251 e. The van der Waals surface area contributed by atoms with E-state index < -0.39 is 0 Å². The molecule has 1 aromatic carbocycles. The Bertz CT molecular complexity index is 410. The van der Waals surface area contributed by atoms with Crippen LogP contribution in [0.5, 0.6) is 0 Å². The lowest BCUT2D eigenvalue weighted by Gasteiger charge is -2.14. The van der Waals surface area contributed by atoms with Gasteiger partial charge in [0.25, 0.3) is 5.91 Å². The van der Waals surface area contributed by atoms with Crippen LogP contribution in [-0.2, 0) is 0 Å². The van der Waals surface area contributed by atoms with E-state index in [1.54, 1.807) is 0 Å². The quantitative estimate of drug-likeness (QED) is 0.814. The fraction of sp³-hybridized carbons (Fsp3) is 0.500. The van der Waals surface area contributed by atoms with Crippen LogP contribution >= 0.6 is 0 Å². The molecule has 3 heteroatoms. The second kappa shape index (κ2) is 4.88. The molecule has 0 radical (unpaired) electrons. The van der Waals surface area contributed by atoms with Gasteiger partial charge in [-0.2, -0.15) is 0 Å². The Morgan fingerprint density at radius 2 is 2.24 bits per heavy atom. The second-order valence-electron chi connectivity index (χ2n) is 5.09. The van der Waals surface area contributed by atoms with Gasteiger partial charge in [-0.05, 0) is 50.3 Å². The van der Waals surface area contributed by atoms with Gasteiger partial charge in [-0.1, -0.05) is 17.7 Å². The number of nitrogens with two attached hydrogens (primary N) is 1. The molecule has 1 aromatic rings. The van der Waals surface area contributed by atoms with Crippen molar-refractivity contribution in [1.29, 1.82) is 0 Å². The van der Waals surface area contributed by atoms with Crippen molar-refractivity contribution in [2.24, 2.45) is 11.1 Å². The normalized spacial score (nSPS) is 16.6. The molecule has 0 saturated heterocycles. The van der Waals surface area contributed by atoms with Crippen molar-refractivity contribution in [2.45, 2.75) is 26.2 Å². The van der Waals surface area contributed by atoms with Gasteiger partial charge < -0.3 is 11.1 Å². The molecule has 0 atom stereocenters. The van der Waals surface area contributed by atoms with E-state index in [2.05, 4.69) is 5.32 Å². The van der Waals surface area contributed by atoms with Gasteiger partial charge in [-0.25, -0.2) is 0 Å². The Kier molecular flexibility index (Phi) is 3.48. The maximum Gasteiger partial charge on any atom is 0.251 e. The summed E-state index contributed by atoms with van der Waals surface area (Å²) in [6.07, 6.45) is 3.40. The van der Waals surface area contributed by atoms with Gasteiger partial charge in [0, 0.05) is 12.1 Å². The third-order valence-electron chi connectivity index (χ3n) is 3.54. The molecule has 1 fully saturated rings. The summed E-state index contributed by atoms with van der Waals surface area (Å²) >= 11 is 0. The molecule has 92 valence electrons. The predicted molar refractivity (Wildman–Crippen MR) is 68.9 cm³/mol. The van der Waals surface area contributed by atoms with Crippen LogP contribution in [0.2, 0.25) is 0 Å². The van der Waals surface area contributed by atoms with E-state index in [4.69, 9.17) is 5.73 Å². The van der Waals surface area contributed by atoms with Crippen LogP contribution in [0.3, 0.4) is 0 Å². The summed E-state index contributed by atoms with van der Waals surface area (Å²) in [7, 11) is 0. The van der Waals surface area contributed by atoms with Crippen molar-refractivity contribution >= 4 is 5.91 Å². The van der Waals surface area contributed by atoms with Gasteiger partial charge in [-0.15, -0.1) is 0 Å². The highest BCUT2D eigenvalue weighted by Gasteiger charge is 2.41. The highest BCUT2D eigenvalue weighted by molar-refractivity contribution is 5.94. The summed E-state index contributed by atoms with van der Waals surface area (Å²) in [5, 5.41) is 3.02. The second-order valence-corrected chi connectivity index (χ2v) is 5.09. The molecule has 0 aliphatic heterocycles. The largest absolute Gasteiger partial charge is 0.351 e. The molecular weight excluding hydrogens is 212 g/mol. The van der Waals surface area contributed by atoms with Crippen LogP contribution in [0, 0.1) is 12.3 Å². The van der Waals surface area contributed by atoms with E-state index in [0.717, 1.165) is 24.1 Å². The van der Waals surface area contributed by atoms with Gasteiger partial charge in [0.15, 0.2) is 0 Å². The number of amides is 1. The summed E-state index contributed by atoms with van der Waals surface area (Å²) < 4.78 is 0. The first-order valence-corrected chi connectivity index (χ1v) is 6.20. The summed E-state index contributed by atoms with van der Waals surface area (Å²) in [6, 6.07) is 7.67. The number of carbonyl (C=O) groups is 1. The lowest BCUT2D eigenvalue weighted by molar-refractivity contribution is 0.0944. The Hall–Kier alpha value is -1.35. The van der Waals surface area contributed by atoms with Crippen LogP contribution < -0.4 is 11.1 Å². The molecule has 1 aliphatic carbocycles. The number of hydrogen-bond donors (Lipinski definition) is 2. The average Bonchev–Trinajstić information content (AvgIpc) is 3.07. The molecule has 3 N–H and O–H groups in total. The van der Waals surface area contributed by atoms with Crippen molar-refractivity contribution in [2.75, 3.05) is 13.1 Å². The maximum atomic E-state index is 11.9. The zero-order valence-electron chi connectivity index (χ0n) is 10.3. The lowest BCUT2D eigenvalue weighted by Crippen LogP contribution is -2.31. The Labute approximate surface area is 102 Å². The fourth-order valence-corrected chi connectivity index (χ4v) is 2.15. The average molecular weight is 232 g/mol. The molecule has 0 spiro atoms. The zero-order valence-corrected chi connectivity index (χ0v) is 10.3. The molecule has 3 nitrogen and oxygen atoms in total. The van der Waals surface area contributed by atoms with E-state index in [1.165, 1.54) is 12.8 Å². The van der Waals surface area contributed by atoms with E-state index >= 15 is 0 Å². The van der Waals surface area contributed by atoms with Gasteiger partial charge >= 0.3 is 0 Å². The zero-order chi connectivity index (χ0) is 12.3. The Balaban J connectivity index is 1.90. The fourth-order valence-electron chi connectivity index (χ4n) is 2.15. The molecule has 0 heterocycles. The van der Waals surface area contributed by atoms with Crippen LogP contribution in [-0.4, -0.2) is 19.0 Å². The summed E-state index contributed by atoms with van der Waals surface area (Å²) in [5.41, 5.74) is 7.73. The molecule has 1 saturated carbocycles. The van der Waals surface area contributed by atoms with Gasteiger partial charge in [0.05, 0.1) is 0 Å². The minimum absolute atomic E-state index is 0.0250. The van der Waals surface area contributed by atoms with Crippen molar-refractivity contribution < 1.29 is 4.79 Å². The summed E-state index contributed by atoms with van der Waals surface area (Å²) in [6.45, 7) is 3.46. The third-order valence-corrected chi connectivity index (χ3v) is 3.54. The lowest BCUT2D eigenvalue weighted by atomic mass is 10.0. The molecule has 1 amide bonds. The Morgan fingerprint density at radius 1 is 1.47 bits per heavy atom. The number of nitrogens with one attached hydrogen (secondary N) is 1. The van der Waals surface area contributed by atoms with Crippen LogP contribution in [0.15, 0.2) is 24.3 Å². The van der Waals surface area contributed by atoms with Crippen LogP contribution in [0.4, 0.5) is 0 Å². The highest BCUT2D eigenvalue weighted by atomic mass is 16.1. The van der Waals surface area contributed by atoms with Crippen molar-refractivity contribution in [3.05, 3.63) is 35.4 Å². The monoisotopic (exact) mass is 232 g/mol. The van der Waals surface area contributed by atoms with Crippen LogP contribution in [0.25, 0.3) is 0 Å². The van der Waals surface area contributed by atoms with E-state index in [9.17, 15) is 4.79 Å². The Morgan fingerprint density at radius 3 is 2.82 bits per heavy atom. The molecule has 0 unspecified atom stereocenters. The SMILES string of the molecule is Cc1cccc(C(=O)NCC2(CCN)CC2)c1. The minimum Gasteiger partial charge on any atom is -0.351 e. The van der Waals surface area contributed by atoms with Gasteiger partial charge in [-0.3, -0.25) is 4.79 Å². The number of carbonyl (C=O) groups excluding carboxylic acids is 1. The van der Waals surface area contributed by atoms with Crippen molar-refractivity contribution in [1.82, 2.24) is 5.32 Å². The molecule has 2 rings (SSSR count). The summed E-state index contributed by atoms with van der Waals surface area (Å²) in [4.78, 5) is 11.9. The highest BCUT2D eigenvalue weighted by Crippen LogP contribution is 2.47. The molecular formula is C14H20N2O. The predicted octanol–water partition coefficient (Wildman–Crippen LogP) is 1.85. The third kappa shape index (κ3) is 3.07. The summed E-state index contributed by atoms with van der Waals surface area (Å²) in [5.74, 6) is 0.0250. The topological polar surface area (TPSA) is 55.1 Å². The first kappa shape index (κ1) is 12.1. The number of hydrogen-bond acceptors (Lipinski definition) is 2. The minimum atomic E-state index is 0.0250. The molecule has 1 aliphatic rings. The number of benzene rings is 1. The van der Waals surface area contributed by atoms with Crippen molar-refractivity contribution in [3.8, 4) is 0 Å². The van der Waals surface area contributed by atoms with E-state index in [-0.39, 0.29) is 5.91 Å². The number of rotatable bonds is 5. The maximum absolute atomic E-state index is 11.9. The molecule has 17 heavy (non-hydrogen) atoms. The van der Waals surface area contributed by atoms with Gasteiger partial charge in [0.2, 0.25) is 0 Å². The van der Waals surface area contributed by atoms with E-state index in [0.29, 0.717) is 12.0 Å². The molecule has 0 bridgehead atoms. The van der Waals surface area contributed by atoms with Gasteiger partial charge in [0.1, 0.15) is 0 Å².